The molecule has 0 heterocycles. The molecule has 3 rings (SSSR count). The van der Waals surface area contributed by atoms with Crippen LogP contribution in [-0.4, -0.2) is 42.8 Å². The summed E-state index contributed by atoms with van der Waals surface area (Å²) in [5, 5.41) is 0.315. The lowest BCUT2D eigenvalue weighted by Crippen LogP contribution is -2.49. The van der Waals surface area contributed by atoms with Gasteiger partial charge in [-0.1, -0.05) is 133 Å². The predicted molar refractivity (Wildman–Crippen MR) is 241 cm³/mol. The summed E-state index contributed by atoms with van der Waals surface area (Å²) in [6.45, 7) is 45.5. The quantitative estimate of drug-likeness (QED) is 0.109. The zero-order valence-corrected chi connectivity index (χ0v) is 41.6. The van der Waals surface area contributed by atoms with Crippen LogP contribution in [0.4, 0.5) is 0 Å². The second kappa shape index (κ2) is 18.1. The molecule has 0 spiro atoms. The van der Waals surface area contributed by atoms with Gasteiger partial charge in [0.2, 0.25) is 0 Å². The first-order chi connectivity index (χ1) is 24.4. The third kappa shape index (κ3) is 10.8. The molecule has 0 radical (unpaired) electrons. The SMILES string of the molecule is C=C1[C@H](O[Si](C)(C)C(C)(C)C)CC(=C/C=C2\CCC[C@@]3(C)C2CCC3[C@@H](C)CCCC(CC)(CC)O[Si](CC)(CC)CC)C[C@H]1O[Si](C)(C)C(C)(C)C. The topological polar surface area (TPSA) is 27.7 Å². The molecule has 53 heavy (non-hydrogen) atoms. The molecular formula is C47H90O3Si3. The van der Waals surface area contributed by atoms with Gasteiger partial charge in [0.1, 0.15) is 0 Å². The average molecular weight is 787 g/mol. The smallest absolute Gasteiger partial charge is 0.192 e. The van der Waals surface area contributed by atoms with Gasteiger partial charge in [-0.25, -0.2) is 0 Å². The summed E-state index contributed by atoms with van der Waals surface area (Å²) in [4.78, 5) is 0. The molecule has 2 unspecified atom stereocenters. The van der Waals surface area contributed by atoms with Crippen molar-refractivity contribution in [2.24, 2.45) is 23.2 Å². The Hall–Kier alpha value is -0.249. The van der Waals surface area contributed by atoms with Crippen LogP contribution in [0.15, 0.2) is 35.5 Å². The number of fused-ring (bicyclic) bond motifs is 1. The summed E-state index contributed by atoms with van der Waals surface area (Å²) in [7, 11) is -5.60. The largest absolute Gasteiger partial charge is 0.411 e. The van der Waals surface area contributed by atoms with Crippen molar-refractivity contribution in [2.75, 3.05) is 0 Å². The Kier molecular flexibility index (Phi) is 16.1. The lowest BCUT2D eigenvalue weighted by atomic mass is 9.60. The normalized spacial score (nSPS) is 28.1. The van der Waals surface area contributed by atoms with E-state index >= 15 is 0 Å². The van der Waals surface area contributed by atoms with Gasteiger partial charge in [-0.05, 0) is 147 Å². The summed E-state index contributed by atoms with van der Waals surface area (Å²) in [6.07, 6.45) is 20.0. The lowest BCUT2D eigenvalue weighted by molar-refractivity contribution is 0.0319. The Balaban J connectivity index is 1.81. The van der Waals surface area contributed by atoms with Crippen LogP contribution in [0.3, 0.4) is 0 Å². The monoisotopic (exact) mass is 787 g/mol. The van der Waals surface area contributed by atoms with Crippen LogP contribution < -0.4 is 0 Å². The van der Waals surface area contributed by atoms with Crippen LogP contribution in [0, 0.1) is 23.2 Å². The summed E-state index contributed by atoms with van der Waals surface area (Å²) in [6, 6.07) is 3.75. The standard InChI is InChI=1S/C47H90O3Si3/c1-19-47(20-2,50-53(21-3,22-4)23-5)33-24-26-36(6)40-30-31-41-39(27-25-32-46(40,41)14)29-28-38-34-42(48-51(15,16)44(8,9)10)37(7)43(35-38)49-52(17,18)45(11,12)13/h28-29,36,40-43H,7,19-27,30-35H2,1-6,8-18H3/b39-29+/t36-,40?,41?,42+,43+,46+/m0/s1. The maximum Gasteiger partial charge on any atom is 0.192 e. The van der Waals surface area contributed by atoms with Crippen LogP contribution in [0.2, 0.25) is 54.4 Å². The van der Waals surface area contributed by atoms with Crippen molar-refractivity contribution in [3.8, 4) is 0 Å². The molecule has 6 atom stereocenters. The summed E-state index contributed by atoms with van der Waals surface area (Å²) in [5.41, 5.74) is 4.89. The van der Waals surface area contributed by atoms with Crippen LogP contribution in [0.1, 0.15) is 167 Å². The minimum atomic E-state index is -1.98. The fourth-order valence-corrected chi connectivity index (χ4v) is 15.9. The van der Waals surface area contributed by atoms with E-state index in [2.05, 4.69) is 135 Å². The number of rotatable bonds is 17. The molecule has 6 heteroatoms. The van der Waals surface area contributed by atoms with E-state index in [-0.39, 0.29) is 27.9 Å². The molecule has 0 N–H and O–H groups in total. The highest BCUT2D eigenvalue weighted by Crippen LogP contribution is 2.60. The molecule has 0 amide bonds. The molecule has 0 saturated heterocycles. The van der Waals surface area contributed by atoms with Gasteiger partial charge in [-0.15, -0.1) is 0 Å². The average Bonchev–Trinajstić information content (AvgIpc) is 3.44. The maximum absolute atomic E-state index is 7.28. The molecule has 0 aromatic heterocycles. The van der Waals surface area contributed by atoms with E-state index in [9.17, 15) is 0 Å². The predicted octanol–water partition coefficient (Wildman–Crippen LogP) is 15.6. The van der Waals surface area contributed by atoms with E-state index in [4.69, 9.17) is 13.3 Å². The van der Waals surface area contributed by atoms with E-state index in [0.717, 1.165) is 43.4 Å². The second-order valence-electron chi connectivity index (χ2n) is 21.5. The molecule has 0 bridgehead atoms. The molecule has 0 aliphatic heterocycles. The third-order valence-corrected chi connectivity index (χ3v) is 30.1. The van der Waals surface area contributed by atoms with Crippen molar-refractivity contribution in [3.05, 3.63) is 35.5 Å². The summed E-state index contributed by atoms with van der Waals surface area (Å²) >= 11 is 0. The summed E-state index contributed by atoms with van der Waals surface area (Å²) < 4.78 is 21.6. The van der Waals surface area contributed by atoms with E-state index in [1.54, 1.807) is 5.57 Å². The first-order valence-corrected chi connectivity index (χ1v) is 30.9. The summed E-state index contributed by atoms with van der Waals surface area (Å²) in [5.74, 6) is 2.31. The molecule has 0 aromatic rings. The molecule has 3 aliphatic rings. The zero-order valence-electron chi connectivity index (χ0n) is 38.6. The van der Waals surface area contributed by atoms with Gasteiger partial charge in [0.25, 0.3) is 0 Å². The molecule has 3 aliphatic carbocycles. The van der Waals surface area contributed by atoms with Gasteiger partial charge >= 0.3 is 0 Å². The van der Waals surface area contributed by atoms with Crippen molar-refractivity contribution in [1.29, 1.82) is 0 Å². The van der Waals surface area contributed by atoms with Gasteiger partial charge in [-0.2, -0.15) is 0 Å². The first kappa shape index (κ1) is 47.1. The maximum atomic E-state index is 7.28. The lowest BCUT2D eigenvalue weighted by Gasteiger charge is -2.46. The van der Waals surface area contributed by atoms with Gasteiger partial charge in [0, 0.05) is 0 Å². The van der Waals surface area contributed by atoms with Crippen molar-refractivity contribution in [2.45, 2.75) is 239 Å². The van der Waals surface area contributed by atoms with Crippen molar-refractivity contribution >= 4 is 25.0 Å². The third-order valence-electron chi connectivity index (χ3n) is 16.4. The Bertz CT molecular complexity index is 1210. The van der Waals surface area contributed by atoms with E-state index in [1.165, 1.54) is 80.6 Å². The van der Waals surface area contributed by atoms with Crippen molar-refractivity contribution < 1.29 is 13.3 Å². The van der Waals surface area contributed by atoms with Crippen LogP contribution in [0.5, 0.6) is 0 Å². The number of hydrogen-bond donors (Lipinski definition) is 0. The van der Waals surface area contributed by atoms with Crippen LogP contribution in [0.25, 0.3) is 0 Å². The van der Waals surface area contributed by atoms with E-state index < -0.39 is 25.0 Å². The first-order valence-electron chi connectivity index (χ1n) is 22.5. The molecular weight excluding hydrogens is 697 g/mol. The Labute approximate surface area is 334 Å². The number of hydrogen-bond acceptors (Lipinski definition) is 3. The van der Waals surface area contributed by atoms with Crippen molar-refractivity contribution in [3.63, 3.8) is 0 Å². The highest BCUT2D eigenvalue weighted by molar-refractivity contribution is 6.74. The fraction of sp³-hybridized carbons (Fsp3) is 0.872. The molecule has 3 nitrogen and oxygen atoms in total. The zero-order chi connectivity index (χ0) is 40.3. The molecule has 3 saturated carbocycles. The van der Waals surface area contributed by atoms with Crippen LogP contribution in [-0.2, 0) is 13.3 Å². The minimum absolute atomic E-state index is 0.0339. The Morgan fingerprint density at radius 3 is 1.77 bits per heavy atom. The van der Waals surface area contributed by atoms with Gasteiger partial charge < -0.3 is 13.3 Å². The van der Waals surface area contributed by atoms with E-state index in [1.807, 2.05) is 0 Å². The fourth-order valence-electron chi connectivity index (χ4n) is 10.1. The second-order valence-corrected chi connectivity index (χ2v) is 35.7. The van der Waals surface area contributed by atoms with Crippen LogP contribution >= 0.6 is 0 Å². The molecule has 308 valence electrons. The van der Waals surface area contributed by atoms with Gasteiger partial charge in [0.05, 0.1) is 17.8 Å². The molecule has 0 aromatic carbocycles. The Morgan fingerprint density at radius 2 is 1.32 bits per heavy atom. The van der Waals surface area contributed by atoms with E-state index in [0.29, 0.717) is 5.41 Å². The highest BCUT2D eigenvalue weighted by Gasteiger charge is 2.51. The number of allylic oxidation sites excluding steroid dienone is 3. The van der Waals surface area contributed by atoms with Gasteiger partial charge in [-0.3, -0.25) is 0 Å². The van der Waals surface area contributed by atoms with Gasteiger partial charge in [0.15, 0.2) is 25.0 Å². The minimum Gasteiger partial charge on any atom is -0.411 e. The molecule has 3 fully saturated rings. The highest BCUT2D eigenvalue weighted by atomic mass is 28.4. The van der Waals surface area contributed by atoms with Crippen molar-refractivity contribution in [1.82, 2.24) is 0 Å². The Morgan fingerprint density at radius 1 is 0.811 bits per heavy atom.